The molecule has 20 heavy (non-hydrogen) atoms. The Bertz CT molecular complexity index is 318. The van der Waals surface area contributed by atoms with Gasteiger partial charge in [-0.1, -0.05) is 6.92 Å². The second kappa shape index (κ2) is 6.30. The molecule has 1 aliphatic carbocycles. The lowest BCUT2D eigenvalue weighted by Gasteiger charge is -2.46. The quantitative estimate of drug-likeness (QED) is 0.746. The molecule has 1 saturated carbocycles. The molecule has 0 spiro atoms. The van der Waals surface area contributed by atoms with E-state index in [4.69, 9.17) is 4.74 Å². The Hall–Kier alpha value is -0.160. The maximum Gasteiger partial charge on any atom is 0.0757 e. The van der Waals surface area contributed by atoms with Gasteiger partial charge in [-0.25, -0.2) is 0 Å². The third kappa shape index (κ3) is 3.94. The predicted octanol–water partition coefficient (Wildman–Crippen LogP) is 1.63. The topological polar surface area (TPSA) is 44.7 Å². The normalized spacial score (nSPS) is 30.1. The predicted molar refractivity (Wildman–Crippen MR) is 81.9 cm³/mol. The third-order valence-electron chi connectivity index (χ3n) is 4.51. The molecule has 4 heteroatoms. The number of hydrogen-bond donors (Lipinski definition) is 2. The van der Waals surface area contributed by atoms with Crippen molar-refractivity contribution in [1.29, 1.82) is 0 Å². The molecule has 0 aromatic heterocycles. The molecule has 0 aromatic carbocycles. The highest BCUT2D eigenvalue weighted by Gasteiger charge is 2.46. The van der Waals surface area contributed by atoms with Crippen LogP contribution in [0.1, 0.15) is 47.0 Å². The Morgan fingerprint density at radius 2 is 2.10 bits per heavy atom. The second-order valence-electron chi connectivity index (χ2n) is 7.37. The van der Waals surface area contributed by atoms with Gasteiger partial charge in [-0.15, -0.1) is 0 Å². The van der Waals surface area contributed by atoms with Gasteiger partial charge in [-0.05, 0) is 52.5 Å². The van der Waals surface area contributed by atoms with Crippen LogP contribution in [0, 0.1) is 5.92 Å². The van der Waals surface area contributed by atoms with E-state index in [1.54, 1.807) is 0 Å². The van der Waals surface area contributed by atoms with E-state index in [1.165, 1.54) is 12.8 Å². The number of aliphatic hydroxyl groups excluding tert-OH is 1. The first-order chi connectivity index (χ1) is 9.41. The van der Waals surface area contributed by atoms with Crippen LogP contribution >= 0.6 is 0 Å². The van der Waals surface area contributed by atoms with Crippen LogP contribution in [0.2, 0.25) is 0 Å². The van der Waals surface area contributed by atoms with Crippen molar-refractivity contribution < 1.29 is 9.84 Å². The Morgan fingerprint density at radius 3 is 2.60 bits per heavy atom. The molecule has 0 aromatic rings. The molecule has 4 nitrogen and oxygen atoms in total. The Morgan fingerprint density at radius 1 is 1.40 bits per heavy atom. The summed E-state index contributed by atoms with van der Waals surface area (Å²) in [5.41, 5.74) is -0.198. The number of rotatable bonds is 7. The van der Waals surface area contributed by atoms with Gasteiger partial charge in [-0.3, -0.25) is 4.90 Å². The molecule has 2 fully saturated rings. The van der Waals surface area contributed by atoms with Crippen molar-refractivity contribution in [2.75, 3.05) is 32.8 Å². The van der Waals surface area contributed by atoms with Crippen LogP contribution in [0.4, 0.5) is 0 Å². The first kappa shape index (κ1) is 16.2. The van der Waals surface area contributed by atoms with Crippen molar-refractivity contribution in [2.24, 2.45) is 5.92 Å². The van der Waals surface area contributed by atoms with E-state index >= 15 is 0 Å². The summed E-state index contributed by atoms with van der Waals surface area (Å²) in [4.78, 5) is 2.48. The smallest absolute Gasteiger partial charge is 0.0757 e. The van der Waals surface area contributed by atoms with Gasteiger partial charge in [-0.2, -0.15) is 0 Å². The first-order valence-corrected chi connectivity index (χ1v) is 8.17. The van der Waals surface area contributed by atoms with Crippen molar-refractivity contribution in [1.82, 2.24) is 10.2 Å². The molecule has 1 aliphatic heterocycles. The van der Waals surface area contributed by atoms with Crippen LogP contribution in [-0.2, 0) is 4.74 Å². The van der Waals surface area contributed by atoms with Gasteiger partial charge in [0.25, 0.3) is 0 Å². The number of nitrogens with one attached hydrogen (secondary N) is 1. The maximum atomic E-state index is 10.0. The first-order valence-electron chi connectivity index (χ1n) is 8.17. The highest BCUT2D eigenvalue weighted by atomic mass is 16.5. The number of ether oxygens (including phenoxy) is 1. The van der Waals surface area contributed by atoms with Crippen molar-refractivity contribution in [2.45, 2.75) is 64.2 Å². The van der Waals surface area contributed by atoms with Gasteiger partial charge in [0.05, 0.1) is 23.9 Å². The van der Waals surface area contributed by atoms with Gasteiger partial charge in [0.1, 0.15) is 0 Å². The van der Waals surface area contributed by atoms with Crippen LogP contribution in [0.15, 0.2) is 0 Å². The molecule has 0 amide bonds. The van der Waals surface area contributed by atoms with Crippen LogP contribution in [-0.4, -0.2) is 60.0 Å². The molecule has 2 unspecified atom stereocenters. The maximum absolute atomic E-state index is 10.0. The van der Waals surface area contributed by atoms with Gasteiger partial charge < -0.3 is 15.2 Å². The zero-order valence-corrected chi connectivity index (χ0v) is 13.6. The number of nitrogens with zero attached hydrogens (tertiary/aromatic N) is 1. The van der Waals surface area contributed by atoms with E-state index in [2.05, 4.69) is 37.9 Å². The monoisotopic (exact) mass is 284 g/mol. The molecule has 1 heterocycles. The highest BCUT2D eigenvalue weighted by Crippen LogP contribution is 2.40. The average molecular weight is 284 g/mol. The summed E-state index contributed by atoms with van der Waals surface area (Å²) in [5.74, 6) is 0.639. The largest absolute Gasteiger partial charge is 0.394 e. The molecular formula is C16H32N2O2. The minimum absolute atomic E-state index is 0.0901. The molecule has 118 valence electrons. The zero-order valence-electron chi connectivity index (χ0n) is 13.6. The lowest BCUT2D eigenvalue weighted by Crippen LogP contribution is -2.62. The third-order valence-corrected chi connectivity index (χ3v) is 4.51. The van der Waals surface area contributed by atoms with E-state index in [-0.39, 0.29) is 23.9 Å². The lowest BCUT2D eigenvalue weighted by atomic mass is 9.91. The van der Waals surface area contributed by atoms with Gasteiger partial charge in [0.15, 0.2) is 0 Å². The van der Waals surface area contributed by atoms with Gasteiger partial charge in [0, 0.05) is 19.6 Å². The number of aliphatic hydroxyl groups is 1. The van der Waals surface area contributed by atoms with Gasteiger partial charge in [0.2, 0.25) is 0 Å². The minimum Gasteiger partial charge on any atom is -0.394 e. The standard InChI is InChI=1S/C16H32N2O2/c1-5-8-17-16(12-19,14-6-7-14)11-18-9-13(2)20-15(3,4)10-18/h13-14,17,19H,5-12H2,1-4H3. The number of morpholine rings is 1. The summed E-state index contributed by atoms with van der Waals surface area (Å²) in [7, 11) is 0. The van der Waals surface area contributed by atoms with Gasteiger partial charge >= 0.3 is 0 Å². The minimum atomic E-state index is -0.108. The molecule has 2 rings (SSSR count). The molecule has 2 aliphatic rings. The molecule has 0 bridgehead atoms. The molecule has 2 atom stereocenters. The molecular weight excluding hydrogens is 252 g/mol. The van der Waals surface area contributed by atoms with Crippen LogP contribution in [0.3, 0.4) is 0 Å². The van der Waals surface area contributed by atoms with Crippen molar-refractivity contribution in [3.8, 4) is 0 Å². The summed E-state index contributed by atoms with van der Waals surface area (Å²) < 4.78 is 5.98. The number of hydrogen-bond acceptors (Lipinski definition) is 4. The van der Waals surface area contributed by atoms with Crippen molar-refractivity contribution >= 4 is 0 Å². The van der Waals surface area contributed by atoms with E-state index in [0.29, 0.717) is 5.92 Å². The fraction of sp³-hybridized carbons (Fsp3) is 1.00. The summed E-state index contributed by atoms with van der Waals surface area (Å²) >= 11 is 0. The average Bonchev–Trinajstić information content (AvgIpc) is 3.16. The zero-order chi connectivity index (χ0) is 14.8. The van der Waals surface area contributed by atoms with E-state index in [9.17, 15) is 5.11 Å². The van der Waals surface area contributed by atoms with Crippen LogP contribution in [0.5, 0.6) is 0 Å². The van der Waals surface area contributed by atoms with E-state index in [0.717, 1.165) is 32.6 Å². The Labute approximate surface area is 123 Å². The van der Waals surface area contributed by atoms with Crippen LogP contribution < -0.4 is 5.32 Å². The summed E-state index contributed by atoms with van der Waals surface area (Å²) in [6, 6.07) is 0. The molecule has 0 radical (unpaired) electrons. The summed E-state index contributed by atoms with van der Waals surface area (Å²) in [5, 5.41) is 13.7. The van der Waals surface area contributed by atoms with Crippen molar-refractivity contribution in [3.63, 3.8) is 0 Å². The second-order valence-corrected chi connectivity index (χ2v) is 7.37. The SMILES string of the molecule is CCCNC(CO)(CN1CC(C)OC(C)(C)C1)C1CC1. The fourth-order valence-electron chi connectivity index (χ4n) is 3.68. The molecule has 2 N–H and O–H groups in total. The van der Waals surface area contributed by atoms with Crippen LogP contribution in [0.25, 0.3) is 0 Å². The molecule has 1 saturated heterocycles. The van der Waals surface area contributed by atoms with E-state index < -0.39 is 0 Å². The Balaban J connectivity index is 2.03. The summed E-state index contributed by atoms with van der Waals surface area (Å²) in [6.45, 7) is 12.7. The van der Waals surface area contributed by atoms with Crippen molar-refractivity contribution in [3.05, 3.63) is 0 Å². The Kier molecular flexibility index (Phi) is 5.11. The highest BCUT2D eigenvalue weighted by molar-refractivity contribution is 5.03. The lowest BCUT2D eigenvalue weighted by molar-refractivity contribution is -0.134. The summed E-state index contributed by atoms with van der Waals surface area (Å²) in [6.07, 6.45) is 3.88. The fourth-order valence-corrected chi connectivity index (χ4v) is 3.68. The van der Waals surface area contributed by atoms with E-state index in [1.807, 2.05) is 0 Å².